The van der Waals surface area contributed by atoms with Gasteiger partial charge in [0.1, 0.15) is 5.75 Å². The van der Waals surface area contributed by atoms with Crippen molar-refractivity contribution in [3.8, 4) is 0 Å². The van der Waals surface area contributed by atoms with Crippen LogP contribution in [0.1, 0.15) is 24.2 Å². The SMILES string of the molecule is CCN(c1ccccc1C(=O)O)c1cccc2c(=O)cc([S+]([O-])CC)oc12. The highest BCUT2D eigenvalue weighted by atomic mass is 32.2. The number of rotatable bonds is 6. The van der Waals surface area contributed by atoms with Gasteiger partial charge in [-0.05, 0) is 38.1 Å². The first kappa shape index (κ1) is 19.0. The average Bonchev–Trinajstić information content (AvgIpc) is 2.68. The van der Waals surface area contributed by atoms with Gasteiger partial charge in [-0.3, -0.25) is 4.79 Å². The van der Waals surface area contributed by atoms with Gasteiger partial charge in [-0.2, -0.15) is 0 Å². The second kappa shape index (κ2) is 7.85. The smallest absolute Gasteiger partial charge is 0.337 e. The first-order valence-corrected chi connectivity index (χ1v) is 9.84. The Kier molecular flexibility index (Phi) is 5.53. The number of carboxylic acid groups (broad SMARTS) is 1. The maximum atomic E-state index is 12.5. The first-order chi connectivity index (χ1) is 13.0. The molecular weight excluding hydrogens is 366 g/mol. The molecule has 2 aromatic carbocycles. The molecule has 0 aliphatic heterocycles. The summed E-state index contributed by atoms with van der Waals surface area (Å²) in [7, 11) is 0. The van der Waals surface area contributed by atoms with Crippen LogP contribution >= 0.6 is 0 Å². The summed E-state index contributed by atoms with van der Waals surface area (Å²) in [6, 6.07) is 13.0. The van der Waals surface area contributed by atoms with E-state index in [1.807, 2.05) is 6.92 Å². The van der Waals surface area contributed by atoms with Crippen molar-refractivity contribution >= 4 is 39.5 Å². The molecule has 140 valence electrons. The quantitative estimate of drug-likeness (QED) is 0.649. The summed E-state index contributed by atoms with van der Waals surface area (Å²) in [6.45, 7) is 4.07. The summed E-state index contributed by atoms with van der Waals surface area (Å²) >= 11 is -1.42. The Bertz CT molecular complexity index is 1050. The van der Waals surface area contributed by atoms with E-state index >= 15 is 0 Å². The number of nitrogens with zero attached hydrogens (tertiary/aromatic N) is 1. The number of aromatic carboxylic acids is 1. The van der Waals surface area contributed by atoms with Crippen molar-refractivity contribution in [3.63, 3.8) is 0 Å². The minimum Gasteiger partial charge on any atom is -0.609 e. The molecule has 0 bridgehead atoms. The number of fused-ring (bicyclic) bond motifs is 1. The predicted octanol–water partition coefficient (Wildman–Crippen LogP) is 3.78. The van der Waals surface area contributed by atoms with Crippen LogP contribution in [0.3, 0.4) is 0 Å². The summed E-state index contributed by atoms with van der Waals surface area (Å²) < 4.78 is 18.0. The van der Waals surface area contributed by atoms with Gasteiger partial charge in [-0.1, -0.05) is 18.2 Å². The second-order valence-corrected chi connectivity index (χ2v) is 7.46. The lowest BCUT2D eigenvalue weighted by Crippen LogP contribution is -2.20. The standard InChI is InChI=1S/C20H19NO5S/c1-3-21(15-10-6-5-8-13(15)20(23)24)16-11-7-9-14-17(22)12-18(26-19(14)16)27(25)4-2/h5-12H,3-4H2,1-2H3,(H,23,24). The molecular formula is C20H19NO5S. The third kappa shape index (κ3) is 3.56. The van der Waals surface area contributed by atoms with Gasteiger partial charge >= 0.3 is 11.1 Å². The number of hydrogen-bond donors (Lipinski definition) is 1. The van der Waals surface area contributed by atoms with Crippen LogP contribution in [0.4, 0.5) is 11.4 Å². The van der Waals surface area contributed by atoms with Crippen LogP contribution in [-0.4, -0.2) is 27.9 Å². The minimum atomic E-state index is -1.42. The van der Waals surface area contributed by atoms with E-state index in [9.17, 15) is 19.2 Å². The molecule has 0 radical (unpaired) electrons. The number of hydrogen-bond acceptors (Lipinski definition) is 5. The van der Waals surface area contributed by atoms with E-state index in [2.05, 4.69) is 0 Å². The highest BCUT2D eigenvalue weighted by molar-refractivity contribution is 7.91. The third-order valence-electron chi connectivity index (χ3n) is 4.23. The molecule has 0 aliphatic rings. The lowest BCUT2D eigenvalue weighted by Gasteiger charge is -2.25. The maximum absolute atomic E-state index is 12.5. The van der Waals surface area contributed by atoms with Crippen LogP contribution < -0.4 is 10.3 Å². The van der Waals surface area contributed by atoms with E-state index in [0.717, 1.165) is 0 Å². The summed E-state index contributed by atoms with van der Waals surface area (Å²) in [5.41, 5.74) is 1.20. The zero-order valence-electron chi connectivity index (χ0n) is 15.0. The van der Waals surface area contributed by atoms with Crippen LogP contribution in [-0.2, 0) is 11.2 Å². The van der Waals surface area contributed by atoms with Gasteiger partial charge in [0.25, 0.3) is 0 Å². The topological polar surface area (TPSA) is 93.8 Å². The van der Waals surface area contributed by atoms with E-state index in [1.54, 1.807) is 48.2 Å². The molecule has 0 saturated heterocycles. The monoisotopic (exact) mass is 385 g/mol. The Labute approximate surface area is 159 Å². The Morgan fingerprint density at radius 1 is 1.15 bits per heavy atom. The van der Waals surface area contributed by atoms with Crippen molar-refractivity contribution in [2.24, 2.45) is 0 Å². The fourth-order valence-electron chi connectivity index (χ4n) is 2.97. The fraction of sp³-hybridized carbons (Fsp3) is 0.200. The second-order valence-electron chi connectivity index (χ2n) is 5.78. The number of para-hydroxylation sites is 2. The van der Waals surface area contributed by atoms with Crippen molar-refractivity contribution in [3.05, 3.63) is 64.3 Å². The molecule has 1 unspecified atom stereocenters. The molecule has 3 rings (SSSR count). The van der Waals surface area contributed by atoms with Gasteiger partial charge < -0.3 is 19.0 Å². The molecule has 6 nitrogen and oxygen atoms in total. The first-order valence-electron chi connectivity index (χ1n) is 8.53. The molecule has 0 spiro atoms. The Hall–Kier alpha value is -2.77. The summed E-state index contributed by atoms with van der Waals surface area (Å²) in [5.74, 6) is -0.714. The van der Waals surface area contributed by atoms with E-state index in [4.69, 9.17) is 4.42 Å². The van der Waals surface area contributed by atoms with E-state index in [0.29, 0.717) is 34.6 Å². The summed E-state index contributed by atoms with van der Waals surface area (Å²) in [4.78, 5) is 25.9. The molecule has 3 aromatic rings. The van der Waals surface area contributed by atoms with Gasteiger partial charge in [0, 0.05) is 17.7 Å². The van der Waals surface area contributed by atoms with Crippen LogP contribution in [0.2, 0.25) is 0 Å². The third-order valence-corrected chi connectivity index (χ3v) is 5.40. The lowest BCUT2D eigenvalue weighted by atomic mass is 10.1. The largest absolute Gasteiger partial charge is 0.609 e. The summed E-state index contributed by atoms with van der Waals surface area (Å²) in [6.07, 6.45) is 0. The minimum absolute atomic E-state index is 0.116. The van der Waals surface area contributed by atoms with Crippen molar-refractivity contribution in [2.45, 2.75) is 18.9 Å². The normalized spacial score (nSPS) is 12.1. The van der Waals surface area contributed by atoms with Gasteiger partial charge in [0.2, 0.25) is 0 Å². The van der Waals surface area contributed by atoms with Crippen LogP contribution in [0.15, 0.2) is 62.8 Å². The fourth-order valence-corrected chi connectivity index (χ4v) is 3.67. The van der Waals surface area contributed by atoms with Gasteiger partial charge in [-0.15, -0.1) is 0 Å². The van der Waals surface area contributed by atoms with Gasteiger partial charge in [0.15, 0.2) is 11.0 Å². The number of benzene rings is 2. The molecule has 0 fully saturated rings. The molecule has 0 aliphatic carbocycles. The van der Waals surface area contributed by atoms with Crippen LogP contribution in [0.25, 0.3) is 11.0 Å². The molecule has 0 saturated carbocycles. The maximum Gasteiger partial charge on any atom is 0.337 e. The number of anilines is 2. The number of carbonyl (C=O) groups is 1. The van der Waals surface area contributed by atoms with Crippen LogP contribution in [0, 0.1) is 0 Å². The Morgan fingerprint density at radius 3 is 2.52 bits per heavy atom. The molecule has 1 aromatic heterocycles. The highest BCUT2D eigenvalue weighted by Gasteiger charge is 2.21. The lowest BCUT2D eigenvalue weighted by molar-refractivity contribution is 0.0697. The van der Waals surface area contributed by atoms with Gasteiger partial charge in [-0.25, -0.2) is 4.79 Å². The van der Waals surface area contributed by atoms with Crippen molar-refractivity contribution in [1.29, 1.82) is 0 Å². The molecule has 1 heterocycles. The van der Waals surface area contributed by atoms with Gasteiger partial charge in [0.05, 0.1) is 28.4 Å². The van der Waals surface area contributed by atoms with Crippen molar-refractivity contribution < 1.29 is 18.9 Å². The molecule has 27 heavy (non-hydrogen) atoms. The van der Waals surface area contributed by atoms with E-state index < -0.39 is 17.1 Å². The van der Waals surface area contributed by atoms with E-state index in [-0.39, 0.29) is 16.1 Å². The molecule has 7 heteroatoms. The Balaban J connectivity index is 2.28. The predicted molar refractivity (Wildman–Crippen MR) is 106 cm³/mol. The van der Waals surface area contributed by atoms with E-state index in [1.165, 1.54) is 12.1 Å². The zero-order chi connectivity index (χ0) is 19.6. The molecule has 1 N–H and O–H groups in total. The number of carboxylic acids is 1. The molecule has 1 atom stereocenters. The van der Waals surface area contributed by atoms with Crippen molar-refractivity contribution in [2.75, 3.05) is 17.2 Å². The summed E-state index contributed by atoms with van der Waals surface area (Å²) in [5, 5.41) is 10.00. The Morgan fingerprint density at radius 2 is 1.85 bits per heavy atom. The van der Waals surface area contributed by atoms with Crippen molar-refractivity contribution in [1.82, 2.24) is 0 Å². The average molecular weight is 385 g/mol. The molecule has 0 amide bonds. The zero-order valence-corrected chi connectivity index (χ0v) is 15.8. The van der Waals surface area contributed by atoms with Crippen LogP contribution in [0.5, 0.6) is 0 Å². The highest BCUT2D eigenvalue weighted by Crippen LogP contribution is 2.34.